The quantitative estimate of drug-likeness (QED) is 0.916. The van der Waals surface area contributed by atoms with Crippen molar-refractivity contribution < 1.29 is 8.42 Å². The first-order chi connectivity index (χ1) is 8.47. The van der Waals surface area contributed by atoms with Crippen molar-refractivity contribution in [1.29, 1.82) is 0 Å². The number of anilines is 1. The molecule has 0 bridgehead atoms. The number of nitrogens with zero attached hydrogens (tertiary/aromatic N) is 3. The van der Waals surface area contributed by atoms with E-state index in [-0.39, 0.29) is 11.0 Å². The van der Waals surface area contributed by atoms with Gasteiger partial charge in [-0.1, -0.05) is 18.5 Å². The molecule has 2 rings (SSSR count). The first kappa shape index (κ1) is 13.5. The minimum absolute atomic E-state index is 0.179. The average molecular weight is 291 g/mol. The van der Waals surface area contributed by atoms with E-state index in [9.17, 15) is 8.42 Å². The maximum Gasteiger partial charge on any atom is 0.302 e. The lowest BCUT2D eigenvalue weighted by Gasteiger charge is -2.29. The lowest BCUT2D eigenvalue weighted by atomic mass is 10.0. The monoisotopic (exact) mass is 290 g/mol. The number of hydrogen-bond donors (Lipinski definition) is 1. The molecule has 0 unspecified atom stereocenters. The second kappa shape index (κ2) is 5.38. The van der Waals surface area contributed by atoms with Crippen LogP contribution in [-0.4, -0.2) is 36.0 Å². The molecule has 0 aliphatic carbocycles. The number of rotatable bonds is 3. The largest absolute Gasteiger partial charge is 0.302 e. The van der Waals surface area contributed by atoms with Crippen molar-refractivity contribution in [1.82, 2.24) is 14.5 Å². The van der Waals surface area contributed by atoms with Gasteiger partial charge in [-0.3, -0.25) is 4.72 Å². The van der Waals surface area contributed by atoms with E-state index in [1.54, 1.807) is 0 Å². The average Bonchev–Trinajstić information content (AvgIpc) is 2.32. The fourth-order valence-electron chi connectivity index (χ4n) is 1.79. The van der Waals surface area contributed by atoms with E-state index in [0.29, 0.717) is 19.0 Å². The Morgan fingerprint density at radius 1 is 1.33 bits per heavy atom. The van der Waals surface area contributed by atoms with Gasteiger partial charge in [-0.15, -0.1) is 10.2 Å². The molecule has 1 N–H and O–H groups in total. The number of halogens is 1. The van der Waals surface area contributed by atoms with E-state index < -0.39 is 10.2 Å². The van der Waals surface area contributed by atoms with Crippen molar-refractivity contribution in [3.8, 4) is 0 Å². The van der Waals surface area contributed by atoms with Gasteiger partial charge in [0.1, 0.15) is 0 Å². The topological polar surface area (TPSA) is 75.2 Å². The Morgan fingerprint density at radius 2 is 2.00 bits per heavy atom. The summed E-state index contributed by atoms with van der Waals surface area (Å²) in [4.78, 5) is 0. The van der Waals surface area contributed by atoms with Crippen LogP contribution in [0, 0.1) is 5.92 Å². The standard InChI is InChI=1S/C10H15ClN4O2S/c1-8-4-6-15(7-5-8)18(16,17)14-10-3-2-9(11)12-13-10/h2-3,8H,4-7H2,1H3,(H,13,14). The second-order valence-electron chi connectivity index (χ2n) is 4.43. The highest BCUT2D eigenvalue weighted by atomic mass is 35.5. The highest BCUT2D eigenvalue weighted by molar-refractivity contribution is 7.90. The predicted molar refractivity (Wildman–Crippen MR) is 69.6 cm³/mol. The Hall–Kier alpha value is -0.920. The molecule has 18 heavy (non-hydrogen) atoms. The summed E-state index contributed by atoms with van der Waals surface area (Å²) in [6, 6.07) is 2.98. The van der Waals surface area contributed by atoms with Crippen LogP contribution in [0.3, 0.4) is 0 Å². The van der Waals surface area contributed by atoms with Crippen LogP contribution in [0.2, 0.25) is 5.15 Å². The van der Waals surface area contributed by atoms with Gasteiger partial charge in [0, 0.05) is 13.1 Å². The summed E-state index contributed by atoms with van der Waals surface area (Å²) in [6.07, 6.45) is 1.76. The maximum atomic E-state index is 12.1. The normalized spacial score (nSPS) is 18.8. The summed E-state index contributed by atoms with van der Waals surface area (Å²) in [5.41, 5.74) is 0. The number of hydrogen-bond acceptors (Lipinski definition) is 4. The van der Waals surface area contributed by atoms with E-state index >= 15 is 0 Å². The highest BCUT2D eigenvalue weighted by Crippen LogP contribution is 2.19. The molecule has 0 amide bonds. The van der Waals surface area contributed by atoms with Crippen LogP contribution < -0.4 is 4.72 Å². The minimum Gasteiger partial charge on any atom is -0.253 e. The molecule has 0 spiro atoms. The summed E-state index contributed by atoms with van der Waals surface area (Å²) in [5.74, 6) is 0.754. The van der Waals surface area contributed by atoms with Crippen LogP contribution in [0.1, 0.15) is 19.8 Å². The third-order valence-electron chi connectivity index (χ3n) is 2.95. The van der Waals surface area contributed by atoms with Crippen LogP contribution in [-0.2, 0) is 10.2 Å². The number of aromatic nitrogens is 2. The van der Waals surface area contributed by atoms with Gasteiger partial charge in [-0.2, -0.15) is 12.7 Å². The zero-order chi connectivity index (χ0) is 13.2. The van der Waals surface area contributed by atoms with Gasteiger partial charge in [0.05, 0.1) is 0 Å². The summed E-state index contributed by atoms with van der Waals surface area (Å²) >= 11 is 5.59. The minimum atomic E-state index is -3.53. The fourth-order valence-corrected chi connectivity index (χ4v) is 3.09. The Bertz CT molecular complexity index is 497. The van der Waals surface area contributed by atoms with Crippen LogP contribution in [0.25, 0.3) is 0 Å². The van der Waals surface area contributed by atoms with Gasteiger partial charge in [0.25, 0.3) is 0 Å². The molecule has 1 fully saturated rings. The van der Waals surface area contributed by atoms with Gasteiger partial charge in [0.2, 0.25) is 0 Å². The first-order valence-electron chi connectivity index (χ1n) is 5.74. The lowest BCUT2D eigenvalue weighted by molar-refractivity contribution is 0.289. The van der Waals surface area contributed by atoms with Crippen molar-refractivity contribution in [3.63, 3.8) is 0 Å². The maximum absolute atomic E-state index is 12.1. The van der Waals surface area contributed by atoms with E-state index in [4.69, 9.17) is 11.6 Å². The molecule has 0 saturated carbocycles. The molecule has 2 heterocycles. The molecule has 1 aromatic rings. The second-order valence-corrected chi connectivity index (χ2v) is 6.49. The Morgan fingerprint density at radius 3 is 2.56 bits per heavy atom. The van der Waals surface area contributed by atoms with Crippen molar-refractivity contribution >= 4 is 27.6 Å². The summed E-state index contributed by atoms with van der Waals surface area (Å²) < 4.78 is 28.0. The van der Waals surface area contributed by atoms with Crippen molar-refractivity contribution in [2.75, 3.05) is 17.8 Å². The third-order valence-corrected chi connectivity index (χ3v) is 4.66. The summed E-state index contributed by atoms with van der Waals surface area (Å²) in [5, 5.41) is 7.49. The molecule has 1 saturated heterocycles. The van der Waals surface area contributed by atoms with E-state index in [2.05, 4.69) is 21.8 Å². The summed E-state index contributed by atoms with van der Waals surface area (Å²) in [7, 11) is -3.53. The molecular formula is C10H15ClN4O2S. The Balaban J connectivity index is 2.05. The highest BCUT2D eigenvalue weighted by Gasteiger charge is 2.26. The van der Waals surface area contributed by atoms with Gasteiger partial charge in [0.15, 0.2) is 11.0 Å². The van der Waals surface area contributed by atoms with Gasteiger partial charge < -0.3 is 0 Å². The number of piperidine rings is 1. The van der Waals surface area contributed by atoms with Crippen LogP contribution >= 0.6 is 11.6 Å². The van der Waals surface area contributed by atoms with Crippen molar-refractivity contribution in [3.05, 3.63) is 17.3 Å². The molecule has 1 aliphatic rings. The number of nitrogens with one attached hydrogen (secondary N) is 1. The first-order valence-corrected chi connectivity index (χ1v) is 7.56. The molecule has 0 atom stereocenters. The summed E-state index contributed by atoms with van der Waals surface area (Å²) in [6.45, 7) is 3.21. The van der Waals surface area contributed by atoms with Gasteiger partial charge in [-0.25, -0.2) is 0 Å². The molecule has 0 aromatic carbocycles. The lowest BCUT2D eigenvalue weighted by Crippen LogP contribution is -2.41. The Labute approximate surface area is 112 Å². The van der Waals surface area contributed by atoms with E-state index in [1.165, 1.54) is 16.4 Å². The van der Waals surface area contributed by atoms with E-state index in [0.717, 1.165) is 12.8 Å². The van der Waals surface area contributed by atoms with Crippen molar-refractivity contribution in [2.45, 2.75) is 19.8 Å². The molecule has 1 aliphatic heterocycles. The third kappa shape index (κ3) is 3.30. The molecule has 100 valence electrons. The van der Waals surface area contributed by atoms with E-state index in [1.807, 2.05) is 0 Å². The van der Waals surface area contributed by atoms with Crippen LogP contribution in [0.4, 0.5) is 5.82 Å². The zero-order valence-electron chi connectivity index (χ0n) is 10.0. The zero-order valence-corrected chi connectivity index (χ0v) is 11.6. The SMILES string of the molecule is CC1CCN(S(=O)(=O)Nc2ccc(Cl)nn2)CC1. The molecule has 1 aromatic heterocycles. The van der Waals surface area contributed by atoms with Crippen molar-refractivity contribution in [2.24, 2.45) is 5.92 Å². The molecule has 8 heteroatoms. The van der Waals surface area contributed by atoms with Gasteiger partial charge in [-0.05, 0) is 30.9 Å². The fraction of sp³-hybridized carbons (Fsp3) is 0.600. The molecule has 6 nitrogen and oxygen atoms in total. The predicted octanol–water partition coefficient (Wildman–Crippen LogP) is 1.52. The van der Waals surface area contributed by atoms with Crippen LogP contribution in [0.15, 0.2) is 12.1 Å². The molecule has 0 radical (unpaired) electrons. The van der Waals surface area contributed by atoms with Crippen LogP contribution in [0.5, 0.6) is 0 Å². The Kier molecular flexibility index (Phi) is 4.04. The van der Waals surface area contributed by atoms with Gasteiger partial charge >= 0.3 is 10.2 Å². The molecular weight excluding hydrogens is 276 g/mol. The smallest absolute Gasteiger partial charge is 0.253 e.